The number of hydrogen-bond donors (Lipinski definition) is 1. The molecule has 0 radical (unpaired) electrons. The first-order chi connectivity index (χ1) is 16.5. The number of ether oxygens (including phenoxy) is 2. The lowest BCUT2D eigenvalue weighted by Gasteiger charge is -2.09. The molecule has 2 aromatic heterocycles. The number of aromatic nitrogens is 2. The number of rotatable bonds is 7. The molecule has 34 heavy (non-hydrogen) atoms. The lowest BCUT2D eigenvalue weighted by atomic mass is 10.1. The van der Waals surface area contributed by atoms with Crippen molar-refractivity contribution < 1.29 is 19.1 Å². The average Bonchev–Trinajstić information content (AvgIpc) is 2.87. The molecule has 4 rings (SSSR count). The Balaban J connectivity index is 0.000000206. The van der Waals surface area contributed by atoms with Crippen molar-refractivity contribution >= 4 is 33.7 Å². The lowest BCUT2D eigenvalue weighted by Crippen LogP contribution is -2.32. The number of carbonyl (C=O) groups excluding carboxylic acids is 2. The van der Waals surface area contributed by atoms with Crippen LogP contribution in [-0.2, 0) is 19.1 Å². The summed E-state index contributed by atoms with van der Waals surface area (Å²) in [4.78, 5) is 31.3. The normalized spacial score (nSPS) is 11.4. The SMILES string of the molecule is CCOC(=O)CC[C@H](N)C(=O)OCC.c1ccc2nc(-c3ccc4ccccc4n3)ccc2c1. The van der Waals surface area contributed by atoms with Crippen molar-refractivity contribution in [2.45, 2.75) is 32.7 Å². The Labute approximate surface area is 198 Å². The Bertz CT molecular complexity index is 1180. The first-order valence-electron chi connectivity index (χ1n) is 11.3. The molecule has 1 atom stereocenters. The summed E-state index contributed by atoms with van der Waals surface area (Å²) in [5.74, 6) is -0.816. The maximum absolute atomic E-state index is 11.0. The van der Waals surface area contributed by atoms with Crippen molar-refractivity contribution in [3.8, 4) is 11.4 Å². The molecule has 176 valence electrons. The molecule has 2 heterocycles. The quantitative estimate of drug-likeness (QED) is 0.400. The second kappa shape index (κ2) is 12.4. The van der Waals surface area contributed by atoms with Gasteiger partial charge in [-0.1, -0.05) is 48.5 Å². The molecule has 0 fully saturated rings. The number of benzene rings is 2. The van der Waals surface area contributed by atoms with Crippen molar-refractivity contribution in [1.29, 1.82) is 0 Å². The van der Waals surface area contributed by atoms with Crippen molar-refractivity contribution in [1.82, 2.24) is 9.97 Å². The van der Waals surface area contributed by atoms with E-state index in [0.29, 0.717) is 13.2 Å². The van der Waals surface area contributed by atoms with E-state index in [0.717, 1.165) is 33.2 Å². The van der Waals surface area contributed by atoms with E-state index in [1.54, 1.807) is 13.8 Å². The van der Waals surface area contributed by atoms with Crippen LogP contribution in [0.1, 0.15) is 26.7 Å². The van der Waals surface area contributed by atoms with E-state index in [-0.39, 0.29) is 18.8 Å². The Kier molecular flexibility index (Phi) is 9.05. The van der Waals surface area contributed by atoms with Gasteiger partial charge in [-0.05, 0) is 44.5 Å². The molecule has 0 aliphatic rings. The third-order valence-corrected chi connectivity index (χ3v) is 5.01. The van der Waals surface area contributed by atoms with Gasteiger partial charge in [0.05, 0.1) is 35.6 Å². The van der Waals surface area contributed by atoms with Gasteiger partial charge in [-0.15, -0.1) is 0 Å². The van der Waals surface area contributed by atoms with Gasteiger partial charge in [-0.3, -0.25) is 9.59 Å². The molecule has 4 aromatic rings. The number of hydrogen-bond acceptors (Lipinski definition) is 7. The van der Waals surface area contributed by atoms with Crippen molar-refractivity contribution in [3.05, 3.63) is 72.8 Å². The highest BCUT2D eigenvalue weighted by atomic mass is 16.5. The minimum Gasteiger partial charge on any atom is -0.466 e. The second-order valence-electron chi connectivity index (χ2n) is 7.48. The molecule has 0 spiro atoms. The molecule has 0 saturated carbocycles. The van der Waals surface area contributed by atoms with Gasteiger partial charge in [-0.2, -0.15) is 0 Å². The largest absolute Gasteiger partial charge is 0.466 e. The minimum atomic E-state index is -0.737. The summed E-state index contributed by atoms with van der Waals surface area (Å²) >= 11 is 0. The Hall–Kier alpha value is -3.84. The molecule has 0 unspecified atom stereocenters. The first-order valence-corrected chi connectivity index (χ1v) is 11.3. The van der Waals surface area contributed by atoms with E-state index < -0.39 is 12.0 Å². The number of pyridine rings is 2. The molecule has 7 nitrogen and oxygen atoms in total. The molecule has 0 saturated heterocycles. The summed E-state index contributed by atoms with van der Waals surface area (Å²) in [6, 6.07) is 23.8. The summed E-state index contributed by atoms with van der Waals surface area (Å²) in [7, 11) is 0. The zero-order valence-corrected chi connectivity index (χ0v) is 19.4. The topological polar surface area (TPSA) is 104 Å². The van der Waals surface area contributed by atoms with Crippen molar-refractivity contribution in [2.75, 3.05) is 13.2 Å². The van der Waals surface area contributed by atoms with Crippen LogP contribution in [0, 0.1) is 0 Å². The van der Waals surface area contributed by atoms with Crippen molar-refractivity contribution in [2.24, 2.45) is 5.73 Å². The summed E-state index contributed by atoms with van der Waals surface area (Å²) < 4.78 is 9.37. The predicted octanol–water partition coefficient (Wildman–Crippen LogP) is 4.67. The van der Waals surface area contributed by atoms with Gasteiger partial charge in [0, 0.05) is 17.2 Å². The summed E-state index contributed by atoms with van der Waals surface area (Å²) in [6.45, 7) is 4.07. The molecule has 0 aliphatic carbocycles. The van der Waals surface area contributed by atoms with Crippen LogP contribution in [0.25, 0.3) is 33.2 Å². The fourth-order valence-corrected chi connectivity index (χ4v) is 3.29. The van der Waals surface area contributed by atoms with Crippen molar-refractivity contribution in [3.63, 3.8) is 0 Å². The predicted molar refractivity (Wildman–Crippen MR) is 133 cm³/mol. The summed E-state index contributed by atoms with van der Waals surface area (Å²) in [6.07, 6.45) is 0.408. The van der Waals surface area contributed by atoms with Crippen LogP contribution < -0.4 is 5.73 Å². The van der Waals surface area contributed by atoms with Gasteiger partial charge in [0.2, 0.25) is 0 Å². The maximum atomic E-state index is 11.0. The number of nitrogens with two attached hydrogens (primary N) is 1. The monoisotopic (exact) mass is 459 g/mol. The molecular formula is C27H29N3O4. The highest BCUT2D eigenvalue weighted by molar-refractivity contribution is 5.84. The van der Waals surface area contributed by atoms with E-state index in [1.807, 2.05) is 48.5 Å². The zero-order valence-electron chi connectivity index (χ0n) is 19.4. The molecule has 7 heteroatoms. The van der Waals surface area contributed by atoms with E-state index in [4.69, 9.17) is 5.73 Å². The summed E-state index contributed by atoms with van der Waals surface area (Å²) in [5.41, 5.74) is 9.29. The molecule has 2 N–H and O–H groups in total. The number of carbonyl (C=O) groups is 2. The fraction of sp³-hybridized carbons (Fsp3) is 0.259. The number of esters is 2. The van der Waals surface area contributed by atoms with E-state index in [2.05, 4.69) is 43.7 Å². The van der Waals surface area contributed by atoms with E-state index in [1.165, 1.54) is 0 Å². The van der Waals surface area contributed by atoms with Crippen LogP contribution in [0.2, 0.25) is 0 Å². The van der Waals surface area contributed by atoms with Crippen LogP contribution in [0.5, 0.6) is 0 Å². The van der Waals surface area contributed by atoms with Gasteiger partial charge < -0.3 is 15.2 Å². The van der Waals surface area contributed by atoms with Gasteiger partial charge in [0.15, 0.2) is 0 Å². The third-order valence-electron chi connectivity index (χ3n) is 5.01. The van der Waals surface area contributed by atoms with E-state index in [9.17, 15) is 9.59 Å². The molecule has 0 bridgehead atoms. The second-order valence-corrected chi connectivity index (χ2v) is 7.48. The maximum Gasteiger partial charge on any atom is 0.322 e. The number of fused-ring (bicyclic) bond motifs is 2. The van der Waals surface area contributed by atoms with Crippen LogP contribution in [0.4, 0.5) is 0 Å². The van der Waals surface area contributed by atoms with Gasteiger partial charge in [-0.25, -0.2) is 9.97 Å². The van der Waals surface area contributed by atoms with Gasteiger partial charge >= 0.3 is 11.9 Å². The molecule has 0 aliphatic heterocycles. The highest BCUT2D eigenvalue weighted by Crippen LogP contribution is 2.22. The Morgan fingerprint density at radius 3 is 1.76 bits per heavy atom. The van der Waals surface area contributed by atoms with Crippen LogP contribution in [0.15, 0.2) is 72.8 Å². The minimum absolute atomic E-state index is 0.147. The molecular weight excluding hydrogens is 430 g/mol. The fourth-order valence-electron chi connectivity index (χ4n) is 3.29. The summed E-state index contributed by atoms with van der Waals surface area (Å²) in [5, 5.41) is 2.30. The van der Waals surface area contributed by atoms with Crippen LogP contribution in [0.3, 0.4) is 0 Å². The number of nitrogens with zero attached hydrogens (tertiary/aromatic N) is 2. The molecule has 2 aromatic carbocycles. The lowest BCUT2D eigenvalue weighted by molar-refractivity contribution is -0.146. The zero-order chi connectivity index (χ0) is 24.3. The standard InChI is InChI=1S/C18H12N2.C9H17NO4/c1-3-7-15-13(5-1)9-11-17(19-15)18-12-10-14-6-2-4-8-16(14)20-18;1-3-13-8(11)6-5-7(10)9(12)14-4-2/h1-12H;7H,3-6,10H2,1-2H3/t;7-/m.0/s1. The molecule has 0 amide bonds. The number of para-hydroxylation sites is 2. The average molecular weight is 460 g/mol. The smallest absolute Gasteiger partial charge is 0.322 e. The Morgan fingerprint density at radius 2 is 1.26 bits per heavy atom. The van der Waals surface area contributed by atoms with Gasteiger partial charge in [0.1, 0.15) is 6.04 Å². The third kappa shape index (κ3) is 6.83. The Morgan fingerprint density at radius 1 is 0.765 bits per heavy atom. The van der Waals surface area contributed by atoms with Crippen LogP contribution in [-0.4, -0.2) is 41.2 Å². The first kappa shape index (κ1) is 24.8. The van der Waals surface area contributed by atoms with Crippen LogP contribution >= 0.6 is 0 Å². The van der Waals surface area contributed by atoms with E-state index >= 15 is 0 Å². The van der Waals surface area contributed by atoms with Gasteiger partial charge in [0.25, 0.3) is 0 Å². The highest BCUT2D eigenvalue weighted by Gasteiger charge is 2.16.